The maximum Gasteiger partial charge on any atom is 0.263 e. The Morgan fingerprint density at radius 2 is 1.74 bits per heavy atom. The topological polar surface area (TPSA) is 89.5 Å². The van der Waals surface area contributed by atoms with Crippen molar-refractivity contribution in [2.45, 2.75) is 9.79 Å². The van der Waals surface area contributed by atoms with Gasteiger partial charge in [0.05, 0.1) is 22.7 Å². The van der Waals surface area contributed by atoms with Gasteiger partial charge in [-0.2, -0.15) is 0 Å². The van der Waals surface area contributed by atoms with Crippen molar-refractivity contribution in [1.82, 2.24) is 0 Å². The van der Waals surface area contributed by atoms with E-state index in [9.17, 15) is 16.8 Å². The smallest absolute Gasteiger partial charge is 0.263 e. The lowest BCUT2D eigenvalue weighted by Gasteiger charge is -2.11. The highest BCUT2D eigenvalue weighted by Crippen LogP contribution is 2.27. The van der Waals surface area contributed by atoms with Crippen LogP contribution in [0.1, 0.15) is 0 Å². The highest BCUT2D eigenvalue weighted by molar-refractivity contribution is 7.93. The first kappa shape index (κ1) is 17.6. The summed E-state index contributed by atoms with van der Waals surface area (Å²) in [6.45, 7) is 0. The highest BCUT2D eigenvalue weighted by Gasteiger charge is 2.21. The van der Waals surface area contributed by atoms with Crippen LogP contribution in [0.2, 0.25) is 5.02 Å². The molecule has 1 N–H and O–H groups in total. The van der Waals surface area contributed by atoms with Crippen molar-refractivity contribution in [3.05, 3.63) is 47.5 Å². The second-order valence-electron chi connectivity index (χ2n) is 4.70. The summed E-state index contributed by atoms with van der Waals surface area (Å²) >= 11 is 5.92. The number of rotatable bonds is 5. The average Bonchev–Trinajstić information content (AvgIpc) is 2.46. The van der Waals surface area contributed by atoms with Gasteiger partial charge in [0.15, 0.2) is 9.84 Å². The standard InChI is InChI=1S/C14H14ClNO5S2/c1-21-11-5-3-4-10(8-11)16-23(19,20)14-9-12(22(2,17)18)6-7-13(14)15/h3-9,16H,1-2H3. The molecule has 0 spiro atoms. The predicted molar refractivity (Wildman–Crippen MR) is 88.4 cm³/mol. The molecule has 0 saturated carbocycles. The number of benzene rings is 2. The molecular weight excluding hydrogens is 362 g/mol. The van der Waals surface area contributed by atoms with Crippen LogP contribution in [0.3, 0.4) is 0 Å². The van der Waals surface area contributed by atoms with E-state index in [4.69, 9.17) is 16.3 Å². The Bertz CT molecular complexity index is 939. The molecule has 0 bridgehead atoms. The lowest BCUT2D eigenvalue weighted by atomic mass is 10.3. The number of halogens is 1. The van der Waals surface area contributed by atoms with Crippen LogP contribution in [0.15, 0.2) is 52.3 Å². The zero-order chi connectivity index (χ0) is 17.3. The van der Waals surface area contributed by atoms with E-state index < -0.39 is 19.9 Å². The van der Waals surface area contributed by atoms with Gasteiger partial charge in [0.1, 0.15) is 10.6 Å². The molecule has 0 heterocycles. The van der Waals surface area contributed by atoms with E-state index >= 15 is 0 Å². The first-order valence-corrected chi connectivity index (χ1v) is 10.1. The van der Waals surface area contributed by atoms with Crippen molar-refractivity contribution >= 4 is 37.1 Å². The van der Waals surface area contributed by atoms with Crippen LogP contribution in [0.25, 0.3) is 0 Å². The maximum absolute atomic E-state index is 12.5. The van der Waals surface area contributed by atoms with Crippen molar-refractivity contribution < 1.29 is 21.6 Å². The Morgan fingerprint density at radius 1 is 1.04 bits per heavy atom. The molecule has 2 aromatic rings. The number of hydrogen-bond acceptors (Lipinski definition) is 5. The average molecular weight is 376 g/mol. The number of sulfonamides is 1. The lowest BCUT2D eigenvalue weighted by molar-refractivity contribution is 0.415. The van der Waals surface area contributed by atoms with Gasteiger partial charge >= 0.3 is 0 Å². The Balaban J connectivity index is 2.47. The predicted octanol–water partition coefficient (Wildman–Crippen LogP) is 2.55. The summed E-state index contributed by atoms with van der Waals surface area (Å²) in [5.74, 6) is 0.473. The molecule has 2 aromatic carbocycles. The molecule has 0 aliphatic carbocycles. The van der Waals surface area contributed by atoms with Crippen LogP contribution < -0.4 is 9.46 Å². The van der Waals surface area contributed by atoms with Crippen molar-refractivity contribution in [3.63, 3.8) is 0 Å². The van der Waals surface area contributed by atoms with E-state index in [1.54, 1.807) is 12.1 Å². The zero-order valence-corrected chi connectivity index (χ0v) is 14.7. The molecule has 0 unspecified atom stereocenters. The van der Waals surface area contributed by atoms with Crippen LogP contribution in [0, 0.1) is 0 Å². The number of hydrogen-bond donors (Lipinski definition) is 1. The van der Waals surface area contributed by atoms with Gasteiger partial charge in [0.25, 0.3) is 10.0 Å². The molecular formula is C14H14ClNO5S2. The van der Waals surface area contributed by atoms with Crippen molar-refractivity contribution in [2.24, 2.45) is 0 Å². The largest absolute Gasteiger partial charge is 0.497 e. The first-order chi connectivity index (χ1) is 10.6. The van der Waals surface area contributed by atoms with E-state index in [0.717, 1.165) is 12.3 Å². The van der Waals surface area contributed by atoms with Crippen molar-refractivity contribution in [1.29, 1.82) is 0 Å². The summed E-state index contributed by atoms with van der Waals surface area (Å²) in [6, 6.07) is 9.82. The Morgan fingerprint density at radius 3 is 2.35 bits per heavy atom. The summed E-state index contributed by atoms with van der Waals surface area (Å²) < 4.78 is 55.5. The highest BCUT2D eigenvalue weighted by atomic mass is 35.5. The van der Waals surface area contributed by atoms with E-state index in [2.05, 4.69) is 4.72 Å². The second-order valence-corrected chi connectivity index (χ2v) is 8.78. The molecule has 23 heavy (non-hydrogen) atoms. The van der Waals surface area contributed by atoms with Gasteiger partial charge in [-0.15, -0.1) is 0 Å². The van der Waals surface area contributed by atoms with Gasteiger partial charge in [0, 0.05) is 12.3 Å². The minimum Gasteiger partial charge on any atom is -0.497 e. The fourth-order valence-electron chi connectivity index (χ4n) is 1.82. The Labute approximate surface area is 140 Å². The summed E-state index contributed by atoms with van der Waals surface area (Å²) in [5.41, 5.74) is 0.269. The van der Waals surface area contributed by atoms with Crippen LogP contribution >= 0.6 is 11.6 Å². The van der Waals surface area contributed by atoms with E-state index in [1.807, 2.05) is 0 Å². The first-order valence-electron chi connectivity index (χ1n) is 6.30. The number of methoxy groups -OCH3 is 1. The molecule has 0 amide bonds. The van der Waals surface area contributed by atoms with Crippen molar-refractivity contribution in [2.75, 3.05) is 18.1 Å². The number of anilines is 1. The van der Waals surface area contributed by atoms with Gasteiger partial charge in [-0.25, -0.2) is 16.8 Å². The molecule has 0 atom stereocenters. The Hall–Kier alpha value is -1.77. The van der Waals surface area contributed by atoms with E-state index in [0.29, 0.717) is 5.75 Å². The quantitative estimate of drug-likeness (QED) is 0.867. The molecule has 0 aliphatic heterocycles. The molecule has 0 fully saturated rings. The molecule has 9 heteroatoms. The van der Waals surface area contributed by atoms with Gasteiger partial charge in [-0.1, -0.05) is 17.7 Å². The second kappa shape index (κ2) is 6.38. The third-order valence-corrected chi connectivity index (χ3v) is 5.92. The molecule has 0 aliphatic rings. The third-order valence-electron chi connectivity index (χ3n) is 2.94. The van der Waals surface area contributed by atoms with E-state index in [-0.39, 0.29) is 20.5 Å². The van der Waals surface area contributed by atoms with Crippen LogP contribution in [-0.4, -0.2) is 30.2 Å². The molecule has 124 valence electrons. The number of ether oxygens (including phenoxy) is 1. The summed E-state index contributed by atoms with van der Waals surface area (Å²) in [7, 11) is -6.15. The molecule has 2 rings (SSSR count). The summed E-state index contributed by atoms with van der Waals surface area (Å²) in [5, 5.41) is -0.0761. The molecule has 0 radical (unpaired) electrons. The Kier molecular flexibility index (Phi) is 4.88. The SMILES string of the molecule is COc1cccc(NS(=O)(=O)c2cc(S(C)(=O)=O)ccc2Cl)c1. The lowest BCUT2D eigenvalue weighted by Crippen LogP contribution is -2.14. The normalized spacial score (nSPS) is 12.0. The fourth-order valence-corrected chi connectivity index (χ4v) is 4.12. The maximum atomic E-state index is 12.5. The molecule has 0 saturated heterocycles. The van der Waals surface area contributed by atoms with E-state index in [1.165, 1.54) is 31.4 Å². The summed E-state index contributed by atoms with van der Waals surface area (Å²) in [6.07, 6.45) is 0.988. The van der Waals surface area contributed by atoms with Gasteiger partial charge in [-0.05, 0) is 30.3 Å². The van der Waals surface area contributed by atoms with Crippen LogP contribution in [-0.2, 0) is 19.9 Å². The van der Waals surface area contributed by atoms with Crippen LogP contribution in [0.5, 0.6) is 5.75 Å². The third kappa shape index (κ3) is 4.15. The minimum atomic E-state index is -4.05. The van der Waals surface area contributed by atoms with Crippen LogP contribution in [0.4, 0.5) is 5.69 Å². The monoisotopic (exact) mass is 375 g/mol. The fraction of sp³-hybridized carbons (Fsp3) is 0.143. The van der Waals surface area contributed by atoms with Gasteiger partial charge in [-0.3, -0.25) is 4.72 Å². The summed E-state index contributed by atoms with van der Waals surface area (Å²) in [4.78, 5) is -0.446. The number of nitrogens with one attached hydrogen (secondary N) is 1. The molecule has 6 nitrogen and oxygen atoms in total. The van der Waals surface area contributed by atoms with Gasteiger partial charge in [0.2, 0.25) is 0 Å². The molecule has 0 aromatic heterocycles. The van der Waals surface area contributed by atoms with Crippen molar-refractivity contribution in [3.8, 4) is 5.75 Å². The number of sulfone groups is 1. The zero-order valence-electron chi connectivity index (χ0n) is 12.3. The minimum absolute atomic E-state index is 0.0761. The van der Waals surface area contributed by atoms with Gasteiger partial charge < -0.3 is 4.74 Å².